The van der Waals surface area contributed by atoms with Crippen LogP contribution in [0.1, 0.15) is 31.8 Å². The highest BCUT2D eigenvalue weighted by molar-refractivity contribution is 5.97. The highest BCUT2D eigenvalue weighted by Crippen LogP contribution is 2.23. The third kappa shape index (κ3) is 7.29. The molecule has 18 heteroatoms. The number of hydrogen-bond donors (Lipinski definition) is 2. The number of hydrazone groups is 2. The molecular weight excluding hydrogens is 536 g/mol. The second-order valence-electron chi connectivity index (χ2n) is 7.57. The van der Waals surface area contributed by atoms with E-state index in [1.165, 1.54) is 18.5 Å². The smallest absolute Gasteiger partial charge is 0.267 e. The zero-order valence-electron chi connectivity index (χ0n) is 19.7. The van der Waals surface area contributed by atoms with E-state index in [2.05, 4.69) is 21.1 Å². The third-order valence-electron chi connectivity index (χ3n) is 4.84. The zero-order chi connectivity index (χ0) is 29.4. The van der Waals surface area contributed by atoms with Crippen molar-refractivity contribution < 1.29 is 29.3 Å². The predicted molar refractivity (Wildman–Crippen MR) is 136 cm³/mol. The minimum atomic E-state index is -0.940. The topological polar surface area (TPSA) is 255 Å². The maximum absolute atomic E-state index is 12.3. The lowest BCUT2D eigenvalue weighted by molar-refractivity contribution is -0.394. The number of carbonyl (C=O) groups is 2. The van der Waals surface area contributed by atoms with Crippen molar-refractivity contribution in [3.63, 3.8) is 0 Å². The molecule has 202 valence electrons. The van der Waals surface area contributed by atoms with Gasteiger partial charge in [-0.25, -0.2) is 10.9 Å². The summed E-state index contributed by atoms with van der Waals surface area (Å²) in [6.45, 7) is 0. The molecule has 40 heavy (non-hydrogen) atoms. The Kier molecular flexibility index (Phi) is 8.57. The Hall–Kier alpha value is -6.46. The summed E-state index contributed by atoms with van der Waals surface area (Å²) in [6.07, 6.45) is 2.39. The fourth-order valence-corrected chi connectivity index (χ4v) is 3.05. The molecule has 3 aromatic carbocycles. The second kappa shape index (κ2) is 12.2. The van der Waals surface area contributed by atoms with Crippen molar-refractivity contribution in [3.05, 3.63) is 123 Å². The number of nitrogens with one attached hydrogen (secondary N) is 2. The highest BCUT2D eigenvalue weighted by atomic mass is 16.6. The first-order valence-corrected chi connectivity index (χ1v) is 10.6. The molecule has 0 aliphatic heterocycles. The monoisotopic (exact) mass is 550 g/mol. The number of carbonyl (C=O) groups excluding carboxylic acids is 2. The zero-order valence-corrected chi connectivity index (χ0v) is 19.7. The molecule has 0 radical (unpaired) electrons. The molecule has 2 amide bonds. The maximum Gasteiger partial charge on any atom is 0.277 e. The summed E-state index contributed by atoms with van der Waals surface area (Å²) in [5.74, 6) is -1.88. The molecule has 0 saturated carbocycles. The summed E-state index contributed by atoms with van der Waals surface area (Å²) in [7, 11) is 0. The first kappa shape index (κ1) is 28.1. The van der Waals surface area contributed by atoms with E-state index in [1.807, 2.05) is 0 Å². The average molecular weight is 550 g/mol. The van der Waals surface area contributed by atoms with Crippen LogP contribution in [-0.4, -0.2) is 43.9 Å². The normalized spacial score (nSPS) is 10.8. The van der Waals surface area contributed by atoms with Gasteiger partial charge in [-0.3, -0.25) is 50.0 Å². The van der Waals surface area contributed by atoms with Gasteiger partial charge >= 0.3 is 0 Å². The minimum absolute atomic E-state index is 0.358. The van der Waals surface area contributed by atoms with Crippen LogP contribution in [0.3, 0.4) is 0 Å². The number of nitro benzene ring substituents is 4. The molecule has 0 heterocycles. The Bertz CT molecular complexity index is 1440. The van der Waals surface area contributed by atoms with E-state index < -0.39 is 54.3 Å². The van der Waals surface area contributed by atoms with Gasteiger partial charge in [-0.1, -0.05) is 18.2 Å². The van der Waals surface area contributed by atoms with Gasteiger partial charge in [0.2, 0.25) is 0 Å². The van der Waals surface area contributed by atoms with Crippen molar-refractivity contribution in [2.75, 3.05) is 0 Å². The summed E-state index contributed by atoms with van der Waals surface area (Å²) in [6, 6.07) is 11.1. The fourth-order valence-electron chi connectivity index (χ4n) is 3.05. The van der Waals surface area contributed by atoms with Crippen molar-refractivity contribution in [1.82, 2.24) is 10.9 Å². The van der Waals surface area contributed by atoms with E-state index >= 15 is 0 Å². The van der Waals surface area contributed by atoms with E-state index in [9.17, 15) is 50.0 Å². The number of nitrogens with zero attached hydrogens (tertiary/aromatic N) is 6. The molecule has 2 N–H and O–H groups in total. The Morgan fingerprint density at radius 1 is 0.575 bits per heavy atom. The van der Waals surface area contributed by atoms with E-state index in [0.29, 0.717) is 23.3 Å². The lowest BCUT2D eigenvalue weighted by Crippen LogP contribution is -2.18. The Labute approximate surface area is 221 Å². The summed E-state index contributed by atoms with van der Waals surface area (Å²) in [5.41, 5.74) is 1.75. The fraction of sp³-hybridized carbons (Fsp3) is 0. The van der Waals surface area contributed by atoms with Gasteiger partial charge in [-0.15, -0.1) is 0 Å². The number of amides is 2. The molecule has 0 saturated heterocycles. The third-order valence-corrected chi connectivity index (χ3v) is 4.84. The lowest BCUT2D eigenvalue weighted by atomic mass is 10.1. The van der Waals surface area contributed by atoms with Crippen molar-refractivity contribution in [3.8, 4) is 0 Å². The number of nitro groups is 4. The number of hydrogen-bond acceptors (Lipinski definition) is 12. The molecule has 18 nitrogen and oxygen atoms in total. The molecule has 0 aromatic heterocycles. The van der Waals surface area contributed by atoms with Crippen LogP contribution in [0.2, 0.25) is 0 Å². The average Bonchev–Trinajstić information content (AvgIpc) is 2.92. The Morgan fingerprint density at radius 3 is 1.20 bits per heavy atom. The molecule has 3 aromatic rings. The molecule has 3 rings (SSSR count). The molecule has 0 aliphatic rings. The standard InChI is InChI=1S/C22H14N8O10/c31-21(15-5-17(27(33)34)9-18(6-15)28(35)36)25-23-11-13-2-1-3-14(4-13)12-24-26-22(32)16-7-19(29(37)38)10-20(8-16)30(39)40/h1-12H,(H,25,31)(H,26,32)/b23-11-,24-12-. The first-order valence-electron chi connectivity index (χ1n) is 10.6. The largest absolute Gasteiger partial charge is 0.277 e. The Balaban J connectivity index is 1.67. The minimum Gasteiger partial charge on any atom is -0.267 e. The van der Waals surface area contributed by atoms with Crippen LogP contribution in [0.4, 0.5) is 22.7 Å². The van der Waals surface area contributed by atoms with Gasteiger partial charge < -0.3 is 0 Å². The molecule has 0 atom stereocenters. The van der Waals surface area contributed by atoms with Crippen LogP contribution >= 0.6 is 0 Å². The number of non-ortho nitro benzene ring substituents is 4. The van der Waals surface area contributed by atoms with Crippen LogP contribution in [0.15, 0.2) is 70.9 Å². The number of benzene rings is 3. The summed E-state index contributed by atoms with van der Waals surface area (Å²) in [5, 5.41) is 51.3. The van der Waals surface area contributed by atoms with Gasteiger partial charge in [-0.05, 0) is 17.2 Å². The quantitative estimate of drug-likeness (QED) is 0.212. The molecule has 0 unspecified atom stereocenters. The van der Waals surface area contributed by atoms with Gasteiger partial charge in [0.25, 0.3) is 34.6 Å². The second-order valence-corrected chi connectivity index (χ2v) is 7.57. The molecule has 0 aliphatic carbocycles. The van der Waals surface area contributed by atoms with Gasteiger partial charge in [0.05, 0.1) is 55.4 Å². The van der Waals surface area contributed by atoms with Crippen LogP contribution in [-0.2, 0) is 0 Å². The number of rotatable bonds is 10. The molecule has 0 fully saturated rings. The van der Waals surface area contributed by atoms with Crippen LogP contribution in [0.25, 0.3) is 0 Å². The van der Waals surface area contributed by atoms with E-state index in [4.69, 9.17) is 0 Å². The van der Waals surface area contributed by atoms with E-state index in [0.717, 1.165) is 24.3 Å². The lowest BCUT2D eigenvalue weighted by Gasteiger charge is -2.02. The maximum atomic E-state index is 12.3. The van der Waals surface area contributed by atoms with Crippen LogP contribution < -0.4 is 10.9 Å². The SMILES string of the molecule is O=C(N/N=C\c1cccc(/C=N\NC(=O)c2cc([N+](=O)[O-])cc([N+](=O)[O-])c2)c1)c1cc([N+](=O)[O-])cc([N+](=O)[O-])c1. The first-order chi connectivity index (χ1) is 18.9. The van der Waals surface area contributed by atoms with Gasteiger partial charge in [0, 0.05) is 24.3 Å². The summed E-state index contributed by atoms with van der Waals surface area (Å²) >= 11 is 0. The van der Waals surface area contributed by atoms with Crippen molar-refractivity contribution in [1.29, 1.82) is 0 Å². The highest BCUT2D eigenvalue weighted by Gasteiger charge is 2.21. The van der Waals surface area contributed by atoms with Crippen molar-refractivity contribution in [2.45, 2.75) is 0 Å². The van der Waals surface area contributed by atoms with Gasteiger partial charge in [-0.2, -0.15) is 10.2 Å². The predicted octanol–water partition coefficient (Wildman–Crippen LogP) is 2.85. The van der Waals surface area contributed by atoms with E-state index in [1.54, 1.807) is 18.2 Å². The summed E-state index contributed by atoms with van der Waals surface area (Å²) < 4.78 is 0. The van der Waals surface area contributed by atoms with Gasteiger partial charge in [0.15, 0.2) is 0 Å². The van der Waals surface area contributed by atoms with Crippen molar-refractivity contribution in [2.24, 2.45) is 10.2 Å². The molecule has 0 bridgehead atoms. The summed E-state index contributed by atoms with van der Waals surface area (Å²) in [4.78, 5) is 65.0. The van der Waals surface area contributed by atoms with Gasteiger partial charge in [0.1, 0.15) is 0 Å². The van der Waals surface area contributed by atoms with Crippen molar-refractivity contribution >= 4 is 47.0 Å². The van der Waals surface area contributed by atoms with E-state index in [-0.39, 0.29) is 11.1 Å². The van der Waals surface area contributed by atoms with Crippen LogP contribution in [0, 0.1) is 40.5 Å². The molecular formula is C22H14N8O10. The van der Waals surface area contributed by atoms with Crippen LogP contribution in [0.5, 0.6) is 0 Å². The molecule has 0 spiro atoms. The Morgan fingerprint density at radius 2 is 0.900 bits per heavy atom.